The number of rotatable bonds is 6. The van der Waals surface area contributed by atoms with Gasteiger partial charge in [-0.25, -0.2) is 9.18 Å². The second-order valence-electron chi connectivity index (χ2n) is 7.44. The van der Waals surface area contributed by atoms with E-state index >= 15 is 0 Å². The molecule has 0 bridgehead atoms. The molecule has 0 amide bonds. The average molecular weight is 527 g/mol. The molecule has 2 heterocycles. The Bertz CT molecular complexity index is 1190. The van der Waals surface area contributed by atoms with Gasteiger partial charge in [0.1, 0.15) is 15.8 Å². The lowest BCUT2D eigenvalue weighted by molar-refractivity contribution is 0.0526. The van der Waals surface area contributed by atoms with Crippen LogP contribution in [0.3, 0.4) is 0 Å². The molecule has 3 aromatic rings. The molecule has 2 N–H and O–H groups in total. The number of thiocarbonyl (C=S) groups is 1. The standard InChI is InChI=1S/C22H21Cl2FN4O2S2/c1-2-31-21(30)18-12-6-3-4-9-17(12)33-20(18)27-22(32)26-19-15(24)11-29(28-19)10-13-14(23)7-5-8-16(13)25/h5,7-8,11H,2-4,6,9-10H2,1H3,(H2,26,27,28,32). The van der Waals surface area contributed by atoms with Crippen LogP contribution in [-0.4, -0.2) is 27.5 Å². The van der Waals surface area contributed by atoms with E-state index in [2.05, 4.69) is 15.7 Å². The summed E-state index contributed by atoms with van der Waals surface area (Å²) < 4.78 is 20.9. The Hall–Kier alpha value is -2.20. The van der Waals surface area contributed by atoms with Gasteiger partial charge in [0.25, 0.3) is 0 Å². The second-order valence-corrected chi connectivity index (χ2v) is 9.77. The first-order valence-corrected chi connectivity index (χ1v) is 12.4. The number of aromatic nitrogens is 2. The van der Waals surface area contributed by atoms with Gasteiger partial charge in [-0.3, -0.25) is 4.68 Å². The van der Waals surface area contributed by atoms with Gasteiger partial charge in [-0.05, 0) is 62.5 Å². The molecule has 0 atom stereocenters. The summed E-state index contributed by atoms with van der Waals surface area (Å²) >= 11 is 19.4. The van der Waals surface area contributed by atoms with Crippen LogP contribution in [0, 0.1) is 5.82 Å². The van der Waals surface area contributed by atoms with Gasteiger partial charge in [0.2, 0.25) is 0 Å². The predicted molar refractivity (Wildman–Crippen MR) is 135 cm³/mol. The van der Waals surface area contributed by atoms with Gasteiger partial charge in [0, 0.05) is 21.7 Å². The molecule has 11 heteroatoms. The summed E-state index contributed by atoms with van der Waals surface area (Å²) in [6.07, 6.45) is 5.47. The number of fused-ring (bicyclic) bond motifs is 1. The van der Waals surface area contributed by atoms with Gasteiger partial charge in [-0.1, -0.05) is 29.3 Å². The van der Waals surface area contributed by atoms with Gasteiger partial charge < -0.3 is 15.4 Å². The Balaban J connectivity index is 1.51. The highest BCUT2D eigenvalue weighted by molar-refractivity contribution is 7.80. The number of anilines is 2. The first-order chi connectivity index (χ1) is 15.9. The molecule has 0 unspecified atom stereocenters. The number of nitrogens with one attached hydrogen (secondary N) is 2. The monoisotopic (exact) mass is 526 g/mol. The Morgan fingerprint density at radius 1 is 1.27 bits per heavy atom. The van der Waals surface area contributed by atoms with Gasteiger partial charge in [0.15, 0.2) is 10.9 Å². The lowest BCUT2D eigenvalue weighted by Gasteiger charge is -2.13. The van der Waals surface area contributed by atoms with E-state index in [0.717, 1.165) is 31.2 Å². The maximum Gasteiger partial charge on any atom is 0.341 e. The number of carbonyl (C=O) groups is 1. The summed E-state index contributed by atoms with van der Waals surface area (Å²) in [6.45, 7) is 2.19. The SMILES string of the molecule is CCOC(=O)c1c(NC(=S)Nc2nn(Cc3c(F)cccc3Cl)cc2Cl)sc2c1CCCC2. The van der Waals surface area contributed by atoms with Gasteiger partial charge >= 0.3 is 5.97 Å². The smallest absolute Gasteiger partial charge is 0.341 e. The average Bonchev–Trinajstić information content (AvgIpc) is 3.30. The van der Waals surface area contributed by atoms with Crippen molar-refractivity contribution >= 4 is 68.7 Å². The Morgan fingerprint density at radius 2 is 2.06 bits per heavy atom. The molecule has 1 aliphatic carbocycles. The van der Waals surface area contributed by atoms with Crippen LogP contribution in [0.2, 0.25) is 10.0 Å². The minimum absolute atomic E-state index is 0.109. The molecule has 0 saturated heterocycles. The van der Waals surface area contributed by atoms with Gasteiger partial charge in [0.05, 0.1) is 18.7 Å². The summed E-state index contributed by atoms with van der Waals surface area (Å²) in [5, 5.41) is 11.9. The Morgan fingerprint density at radius 3 is 2.82 bits per heavy atom. The Labute approximate surface area is 210 Å². The van der Waals surface area contributed by atoms with Crippen LogP contribution in [-0.2, 0) is 24.1 Å². The fourth-order valence-electron chi connectivity index (χ4n) is 3.72. The van der Waals surface area contributed by atoms with Crippen molar-refractivity contribution in [1.82, 2.24) is 9.78 Å². The number of esters is 1. The molecule has 2 aromatic heterocycles. The summed E-state index contributed by atoms with van der Waals surface area (Å²) in [6, 6.07) is 4.50. The third-order valence-electron chi connectivity index (χ3n) is 5.21. The molecule has 33 heavy (non-hydrogen) atoms. The summed E-state index contributed by atoms with van der Waals surface area (Å²) in [5.41, 5.74) is 1.90. The van der Waals surface area contributed by atoms with Gasteiger partial charge in [-0.15, -0.1) is 11.3 Å². The van der Waals surface area contributed by atoms with Crippen LogP contribution in [0.25, 0.3) is 0 Å². The summed E-state index contributed by atoms with van der Waals surface area (Å²) in [5.74, 6) is -0.471. The Kier molecular flexibility index (Phi) is 7.53. The van der Waals surface area contributed by atoms with Crippen molar-refractivity contribution in [2.45, 2.75) is 39.2 Å². The molecular formula is C22H21Cl2FN4O2S2. The van der Waals surface area contributed by atoms with Crippen molar-refractivity contribution < 1.29 is 13.9 Å². The van der Waals surface area contributed by atoms with Crippen molar-refractivity contribution in [2.24, 2.45) is 0 Å². The predicted octanol–water partition coefficient (Wildman–Crippen LogP) is 6.30. The van der Waals surface area contributed by atoms with E-state index in [1.807, 2.05) is 0 Å². The van der Waals surface area contributed by atoms with E-state index in [1.54, 1.807) is 25.3 Å². The normalized spacial score (nSPS) is 12.8. The maximum absolute atomic E-state index is 14.1. The highest BCUT2D eigenvalue weighted by Crippen LogP contribution is 2.38. The third-order valence-corrected chi connectivity index (χ3v) is 7.25. The molecule has 0 saturated carbocycles. The summed E-state index contributed by atoms with van der Waals surface area (Å²) in [7, 11) is 0. The van der Waals surface area contributed by atoms with Crippen molar-refractivity contribution in [2.75, 3.05) is 17.2 Å². The molecule has 0 radical (unpaired) electrons. The number of hydrogen-bond donors (Lipinski definition) is 2. The second kappa shape index (κ2) is 10.4. The van der Waals surface area contributed by atoms with E-state index in [-0.39, 0.29) is 17.6 Å². The van der Waals surface area contributed by atoms with E-state index in [1.165, 1.54) is 27.0 Å². The molecule has 4 rings (SSSR count). The van der Waals surface area contributed by atoms with E-state index in [0.29, 0.717) is 38.6 Å². The number of aryl methyl sites for hydroxylation is 1. The first-order valence-electron chi connectivity index (χ1n) is 10.4. The minimum atomic E-state index is -0.422. The lowest BCUT2D eigenvalue weighted by Crippen LogP contribution is -2.21. The number of benzene rings is 1. The van der Waals surface area contributed by atoms with E-state index < -0.39 is 5.82 Å². The fraction of sp³-hybridized carbons (Fsp3) is 0.318. The zero-order valence-electron chi connectivity index (χ0n) is 17.7. The maximum atomic E-state index is 14.1. The number of nitrogens with zero attached hydrogens (tertiary/aromatic N) is 2. The van der Waals surface area contributed by atoms with Crippen LogP contribution in [0.1, 0.15) is 46.1 Å². The topological polar surface area (TPSA) is 68.2 Å². The number of carbonyl (C=O) groups excluding carboxylic acids is 1. The molecule has 0 aliphatic heterocycles. The van der Waals surface area contributed by atoms with E-state index in [4.69, 9.17) is 40.2 Å². The molecule has 1 aromatic carbocycles. The molecule has 0 fully saturated rings. The fourth-order valence-corrected chi connectivity index (χ4v) is 5.69. The van der Waals surface area contributed by atoms with Crippen LogP contribution in [0.15, 0.2) is 24.4 Å². The van der Waals surface area contributed by atoms with Crippen molar-refractivity contribution in [3.05, 3.63) is 61.8 Å². The largest absolute Gasteiger partial charge is 0.462 e. The molecule has 6 nitrogen and oxygen atoms in total. The number of halogens is 3. The summed E-state index contributed by atoms with van der Waals surface area (Å²) in [4.78, 5) is 13.8. The molecule has 0 spiro atoms. The van der Waals surface area contributed by atoms with Gasteiger partial charge in [-0.2, -0.15) is 5.10 Å². The lowest BCUT2D eigenvalue weighted by atomic mass is 9.95. The van der Waals surface area contributed by atoms with Crippen molar-refractivity contribution in [3.8, 4) is 0 Å². The van der Waals surface area contributed by atoms with Crippen molar-refractivity contribution in [1.29, 1.82) is 0 Å². The number of hydrogen-bond acceptors (Lipinski definition) is 5. The molecule has 174 valence electrons. The highest BCUT2D eigenvalue weighted by atomic mass is 35.5. The third kappa shape index (κ3) is 5.32. The van der Waals surface area contributed by atoms with Crippen molar-refractivity contribution in [3.63, 3.8) is 0 Å². The highest BCUT2D eigenvalue weighted by Gasteiger charge is 2.27. The molecular weight excluding hydrogens is 506 g/mol. The van der Waals surface area contributed by atoms with Crippen LogP contribution in [0.5, 0.6) is 0 Å². The number of ether oxygens (including phenoxy) is 1. The van der Waals surface area contributed by atoms with Crippen LogP contribution < -0.4 is 10.6 Å². The zero-order chi connectivity index (χ0) is 23.5. The quantitative estimate of drug-likeness (QED) is 0.290. The minimum Gasteiger partial charge on any atom is -0.462 e. The zero-order valence-corrected chi connectivity index (χ0v) is 20.9. The first kappa shape index (κ1) is 23.9. The molecule has 1 aliphatic rings. The number of thiophene rings is 1. The van der Waals surface area contributed by atoms with Crippen LogP contribution in [0.4, 0.5) is 15.2 Å². The van der Waals surface area contributed by atoms with E-state index in [9.17, 15) is 9.18 Å². The van der Waals surface area contributed by atoms with Crippen LogP contribution >= 0.6 is 46.8 Å².